The maximum absolute atomic E-state index is 10.9. The number of amides is 1. The van der Waals surface area contributed by atoms with Gasteiger partial charge in [0.1, 0.15) is 23.2 Å². The maximum Gasteiger partial charge on any atom is 0.235 e. The number of nitrogens with zero attached hydrogens (tertiary/aromatic N) is 4. The van der Waals surface area contributed by atoms with Crippen LogP contribution in [0.5, 0.6) is 0 Å². The molecule has 6 nitrogen and oxygen atoms in total. The van der Waals surface area contributed by atoms with Gasteiger partial charge in [-0.15, -0.1) is 11.8 Å². The van der Waals surface area contributed by atoms with Crippen molar-refractivity contribution in [2.45, 2.75) is 11.9 Å². The number of thioether (sulfide) groups is 1. The number of aromatic nitrogens is 4. The molecule has 0 bridgehead atoms. The molecule has 2 rings (SSSR count). The van der Waals surface area contributed by atoms with Crippen LogP contribution in [0.2, 0.25) is 0 Å². The molecule has 0 atom stereocenters. The number of carbonyl (C=O) groups excluding carboxylic acids is 1. The molecule has 2 heterocycles. The normalized spacial score (nSPS) is 10.5. The van der Waals surface area contributed by atoms with Gasteiger partial charge in [0, 0.05) is 6.92 Å². The maximum atomic E-state index is 10.9. The highest BCUT2D eigenvalue weighted by Gasteiger charge is 2.09. The second kappa shape index (κ2) is 3.85. The molecule has 0 aromatic carbocycles. The highest BCUT2D eigenvalue weighted by atomic mass is 32.2. The lowest BCUT2D eigenvalue weighted by molar-refractivity contribution is -0.115. The van der Waals surface area contributed by atoms with Crippen LogP contribution in [0.25, 0.3) is 11.2 Å². The van der Waals surface area contributed by atoms with Crippen LogP contribution in [-0.4, -0.2) is 31.8 Å². The van der Waals surface area contributed by atoms with Crippen LogP contribution in [-0.2, 0) is 4.79 Å². The van der Waals surface area contributed by atoms with Crippen molar-refractivity contribution in [2.75, 3.05) is 11.7 Å². The summed E-state index contributed by atoms with van der Waals surface area (Å²) in [5, 5.41) is 0.795. The molecule has 7 heteroatoms. The molecule has 15 heavy (non-hydrogen) atoms. The highest BCUT2D eigenvalue weighted by Crippen LogP contribution is 2.19. The van der Waals surface area contributed by atoms with Gasteiger partial charge in [0.25, 0.3) is 0 Å². The zero-order chi connectivity index (χ0) is 10.8. The average molecular weight is 223 g/mol. The molecule has 1 N–H and O–H groups in total. The molecule has 0 spiro atoms. The van der Waals surface area contributed by atoms with Crippen LogP contribution in [0.4, 0.5) is 0 Å². The predicted molar refractivity (Wildman–Crippen MR) is 57.1 cm³/mol. The molecule has 0 saturated carbocycles. The predicted octanol–water partition coefficient (Wildman–Crippen LogP) is 0.638. The summed E-state index contributed by atoms with van der Waals surface area (Å²) >= 11 is 1.49. The number of nitrogens with one attached hydrogen (secondary N) is 1. The molecular formula is C8H9N5OS. The first kappa shape index (κ1) is 9.91. The van der Waals surface area contributed by atoms with E-state index in [9.17, 15) is 4.79 Å². The van der Waals surface area contributed by atoms with E-state index in [2.05, 4.69) is 20.4 Å². The van der Waals surface area contributed by atoms with Gasteiger partial charge in [0.15, 0.2) is 5.65 Å². The summed E-state index contributed by atoms with van der Waals surface area (Å²) in [4.78, 5) is 23.2. The van der Waals surface area contributed by atoms with E-state index in [1.54, 1.807) is 0 Å². The Kier molecular flexibility index (Phi) is 2.55. The summed E-state index contributed by atoms with van der Waals surface area (Å²) in [6.07, 6.45) is 4.88. The molecule has 2 aromatic heterocycles. The zero-order valence-electron chi connectivity index (χ0n) is 8.26. The standard InChI is InChI=1S/C8H9N5OS/c1-5(14)12-13-4-11-6-7(13)9-3-10-8(6)15-2/h3-4H,1-2H3,(H,12,14). The van der Waals surface area contributed by atoms with Crippen molar-refractivity contribution >= 4 is 28.8 Å². The second-order valence-electron chi connectivity index (χ2n) is 2.84. The molecule has 0 aliphatic carbocycles. The lowest BCUT2D eigenvalue weighted by Gasteiger charge is -2.02. The fourth-order valence-corrected chi connectivity index (χ4v) is 1.70. The summed E-state index contributed by atoms with van der Waals surface area (Å²) in [7, 11) is 0. The van der Waals surface area contributed by atoms with Crippen LogP contribution < -0.4 is 5.43 Å². The Morgan fingerprint density at radius 3 is 2.93 bits per heavy atom. The Morgan fingerprint density at radius 1 is 1.47 bits per heavy atom. The minimum absolute atomic E-state index is 0.168. The van der Waals surface area contributed by atoms with Gasteiger partial charge in [0.05, 0.1) is 0 Å². The molecule has 0 fully saturated rings. The number of hydrogen-bond donors (Lipinski definition) is 1. The molecule has 78 valence electrons. The third-order valence-corrected chi connectivity index (χ3v) is 2.46. The lowest BCUT2D eigenvalue weighted by Crippen LogP contribution is -2.18. The average Bonchev–Trinajstić information content (AvgIpc) is 2.61. The van der Waals surface area contributed by atoms with Crippen molar-refractivity contribution in [1.29, 1.82) is 0 Å². The number of fused-ring (bicyclic) bond motifs is 1. The minimum Gasteiger partial charge on any atom is -0.274 e. The van der Waals surface area contributed by atoms with Gasteiger partial charge >= 0.3 is 0 Å². The van der Waals surface area contributed by atoms with Gasteiger partial charge < -0.3 is 0 Å². The highest BCUT2D eigenvalue weighted by molar-refractivity contribution is 7.98. The lowest BCUT2D eigenvalue weighted by atomic mass is 10.6. The number of hydrogen-bond acceptors (Lipinski definition) is 5. The van der Waals surface area contributed by atoms with Gasteiger partial charge in [-0.1, -0.05) is 0 Å². The molecule has 0 unspecified atom stereocenters. The first-order valence-electron chi connectivity index (χ1n) is 4.22. The van der Waals surface area contributed by atoms with Crippen LogP contribution >= 0.6 is 11.8 Å². The topological polar surface area (TPSA) is 72.7 Å². The Labute approximate surface area is 90.1 Å². The van der Waals surface area contributed by atoms with Gasteiger partial charge in [-0.25, -0.2) is 19.6 Å². The quantitative estimate of drug-likeness (QED) is 0.597. The Balaban J connectivity index is 2.55. The monoisotopic (exact) mass is 223 g/mol. The van der Waals surface area contributed by atoms with Crippen molar-refractivity contribution in [3.8, 4) is 0 Å². The fourth-order valence-electron chi connectivity index (χ4n) is 1.21. The van der Waals surface area contributed by atoms with Crippen molar-refractivity contribution in [3.05, 3.63) is 12.7 Å². The SMILES string of the molecule is CSc1ncnc2c1ncn2NC(C)=O. The van der Waals surface area contributed by atoms with Gasteiger partial charge in [-0.2, -0.15) is 0 Å². The third kappa shape index (κ3) is 1.78. The van der Waals surface area contributed by atoms with Gasteiger partial charge in [0.2, 0.25) is 5.91 Å². The molecule has 0 aliphatic heterocycles. The van der Waals surface area contributed by atoms with E-state index < -0.39 is 0 Å². The summed E-state index contributed by atoms with van der Waals surface area (Å²) < 4.78 is 1.49. The number of rotatable bonds is 2. The second-order valence-corrected chi connectivity index (χ2v) is 3.63. The smallest absolute Gasteiger partial charge is 0.235 e. The van der Waals surface area contributed by atoms with Crippen LogP contribution in [0.1, 0.15) is 6.92 Å². The van der Waals surface area contributed by atoms with E-state index in [0.29, 0.717) is 11.2 Å². The fraction of sp³-hybridized carbons (Fsp3) is 0.250. The van der Waals surface area contributed by atoms with E-state index in [0.717, 1.165) is 5.03 Å². The summed E-state index contributed by atoms with van der Waals surface area (Å²) in [6.45, 7) is 1.43. The molecule has 2 aromatic rings. The van der Waals surface area contributed by atoms with E-state index in [1.165, 1.54) is 36.0 Å². The zero-order valence-corrected chi connectivity index (χ0v) is 9.08. The summed E-state index contributed by atoms with van der Waals surface area (Å²) in [5.41, 5.74) is 3.89. The Hall–Kier alpha value is -1.63. The molecule has 0 saturated heterocycles. The van der Waals surface area contributed by atoms with Crippen molar-refractivity contribution in [3.63, 3.8) is 0 Å². The summed E-state index contributed by atoms with van der Waals surface area (Å²) in [6, 6.07) is 0. The van der Waals surface area contributed by atoms with Gasteiger partial charge in [-0.3, -0.25) is 10.2 Å². The van der Waals surface area contributed by atoms with Crippen molar-refractivity contribution in [2.24, 2.45) is 0 Å². The number of carbonyl (C=O) groups is 1. The Bertz CT molecular complexity index is 509. The number of imidazole rings is 1. The summed E-state index contributed by atoms with van der Waals surface area (Å²) in [5.74, 6) is -0.168. The van der Waals surface area contributed by atoms with E-state index in [-0.39, 0.29) is 5.91 Å². The first-order chi connectivity index (χ1) is 7.22. The van der Waals surface area contributed by atoms with Crippen LogP contribution in [0.3, 0.4) is 0 Å². The molecule has 0 radical (unpaired) electrons. The largest absolute Gasteiger partial charge is 0.274 e. The molecule has 1 amide bonds. The van der Waals surface area contributed by atoms with Crippen molar-refractivity contribution < 1.29 is 4.79 Å². The van der Waals surface area contributed by atoms with Crippen molar-refractivity contribution in [1.82, 2.24) is 19.6 Å². The van der Waals surface area contributed by atoms with Crippen LogP contribution in [0.15, 0.2) is 17.7 Å². The third-order valence-electron chi connectivity index (χ3n) is 1.77. The first-order valence-corrected chi connectivity index (χ1v) is 5.44. The Morgan fingerprint density at radius 2 is 2.27 bits per heavy atom. The van der Waals surface area contributed by atoms with E-state index >= 15 is 0 Å². The molecule has 0 aliphatic rings. The van der Waals surface area contributed by atoms with Gasteiger partial charge in [-0.05, 0) is 6.26 Å². The van der Waals surface area contributed by atoms with E-state index in [4.69, 9.17) is 0 Å². The molecular weight excluding hydrogens is 214 g/mol. The van der Waals surface area contributed by atoms with Crippen LogP contribution in [0, 0.1) is 0 Å². The minimum atomic E-state index is -0.168. The van der Waals surface area contributed by atoms with E-state index in [1.807, 2.05) is 6.26 Å².